The number of aromatic amines is 1. The lowest BCUT2D eigenvalue weighted by molar-refractivity contribution is -0.139. The smallest absolute Gasteiger partial charge is 0.225 e. The normalized spacial score (nSPS) is 28.7. The van der Waals surface area contributed by atoms with Gasteiger partial charge in [0.05, 0.1) is 0 Å². The van der Waals surface area contributed by atoms with E-state index < -0.39 is 0 Å². The highest BCUT2D eigenvalue weighted by atomic mass is 16.2. The summed E-state index contributed by atoms with van der Waals surface area (Å²) in [5.74, 6) is 2.01. The lowest BCUT2D eigenvalue weighted by atomic mass is 9.67. The third kappa shape index (κ3) is 3.25. The van der Waals surface area contributed by atoms with Crippen LogP contribution in [0.2, 0.25) is 0 Å². The third-order valence-corrected chi connectivity index (χ3v) is 5.03. The minimum Gasteiger partial charge on any atom is -0.339 e. The van der Waals surface area contributed by atoms with Crippen LogP contribution in [0.3, 0.4) is 0 Å². The van der Waals surface area contributed by atoms with Crippen LogP contribution in [0.5, 0.6) is 0 Å². The average molecular weight is 305 g/mol. The van der Waals surface area contributed by atoms with Gasteiger partial charge in [0.2, 0.25) is 11.9 Å². The minimum atomic E-state index is 0.204. The van der Waals surface area contributed by atoms with E-state index in [1.165, 1.54) is 12.7 Å². The number of hydrogen-bond donors (Lipinski definition) is 1. The summed E-state index contributed by atoms with van der Waals surface area (Å²) in [6.45, 7) is 10.1. The Kier molecular flexibility index (Phi) is 4.10. The SMILES string of the molecule is CC1CC(C(=O)N2CCN(c3ncn[nH]3)CC2)CC(C)(C)C1. The van der Waals surface area contributed by atoms with Gasteiger partial charge in [0.1, 0.15) is 6.33 Å². The van der Waals surface area contributed by atoms with Crippen LogP contribution in [0.1, 0.15) is 40.0 Å². The topological polar surface area (TPSA) is 65.1 Å². The number of carbonyl (C=O) groups is 1. The van der Waals surface area contributed by atoms with Gasteiger partial charge in [0, 0.05) is 32.1 Å². The molecule has 1 aromatic heterocycles. The van der Waals surface area contributed by atoms with Crippen LogP contribution in [0, 0.1) is 17.3 Å². The van der Waals surface area contributed by atoms with Crippen molar-refractivity contribution < 1.29 is 4.79 Å². The number of piperazine rings is 1. The molecule has 122 valence electrons. The Morgan fingerprint density at radius 1 is 1.27 bits per heavy atom. The van der Waals surface area contributed by atoms with Crippen molar-refractivity contribution in [2.45, 2.75) is 40.0 Å². The fraction of sp³-hybridized carbons (Fsp3) is 0.812. The van der Waals surface area contributed by atoms with E-state index in [0.717, 1.165) is 45.0 Å². The van der Waals surface area contributed by atoms with Crippen LogP contribution in [0.25, 0.3) is 0 Å². The van der Waals surface area contributed by atoms with Crippen LogP contribution >= 0.6 is 0 Å². The molecule has 3 rings (SSSR count). The molecule has 0 radical (unpaired) electrons. The van der Waals surface area contributed by atoms with Crippen molar-refractivity contribution >= 4 is 11.9 Å². The first-order chi connectivity index (χ1) is 10.4. The summed E-state index contributed by atoms with van der Waals surface area (Å²) in [5.41, 5.74) is 0.291. The van der Waals surface area contributed by atoms with Gasteiger partial charge >= 0.3 is 0 Å². The summed E-state index contributed by atoms with van der Waals surface area (Å²) in [6, 6.07) is 0. The number of H-pyrrole nitrogens is 1. The Hall–Kier alpha value is -1.59. The molecule has 0 bridgehead atoms. The Balaban J connectivity index is 1.58. The maximum Gasteiger partial charge on any atom is 0.225 e. The number of nitrogens with zero attached hydrogens (tertiary/aromatic N) is 4. The molecule has 2 heterocycles. The summed E-state index contributed by atoms with van der Waals surface area (Å²) >= 11 is 0. The van der Waals surface area contributed by atoms with Gasteiger partial charge in [-0.25, -0.2) is 5.10 Å². The summed E-state index contributed by atoms with van der Waals surface area (Å²) in [6.07, 6.45) is 4.83. The second-order valence-corrected chi connectivity index (χ2v) is 7.73. The largest absolute Gasteiger partial charge is 0.339 e. The van der Waals surface area contributed by atoms with Gasteiger partial charge < -0.3 is 9.80 Å². The molecular weight excluding hydrogens is 278 g/mol. The van der Waals surface area contributed by atoms with Crippen LogP contribution in [-0.4, -0.2) is 52.2 Å². The molecule has 22 heavy (non-hydrogen) atoms. The first-order valence-corrected chi connectivity index (χ1v) is 8.34. The van der Waals surface area contributed by atoms with E-state index in [1.54, 1.807) is 0 Å². The molecular formula is C16H27N5O. The molecule has 1 saturated carbocycles. The van der Waals surface area contributed by atoms with E-state index >= 15 is 0 Å². The summed E-state index contributed by atoms with van der Waals surface area (Å²) in [4.78, 5) is 21.2. The van der Waals surface area contributed by atoms with E-state index in [4.69, 9.17) is 0 Å². The molecule has 1 aliphatic carbocycles. The number of nitrogens with one attached hydrogen (secondary N) is 1. The van der Waals surface area contributed by atoms with Gasteiger partial charge in [-0.1, -0.05) is 20.8 Å². The van der Waals surface area contributed by atoms with Crippen molar-refractivity contribution in [2.75, 3.05) is 31.1 Å². The minimum absolute atomic E-state index is 0.204. The van der Waals surface area contributed by atoms with E-state index in [1.807, 2.05) is 4.90 Å². The quantitative estimate of drug-likeness (QED) is 0.906. The van der Waals surface area contributed by atoms with Crippen LogP contribution in [-0.2, 0) is 4.79 Å². The molecule has 1 aliphatic heterocycles. The molecule has 1 aromatic rings. The fourth-order valence-corrected chi connectivity index (χ4v) is 4.28. The van der Waals surface area contributed by atoms with Crippen molar-refractivity contribution in [1.29, 1.82) is 0 Å². The standard InChI is InChI=1S/C16H27N5O/c1-12-8-13(10-16(2,3)9-12)14(22)20-4-6-21(7-5-20)15-17-11-18-19-15/h11-13H,4-10H2,1-3H3,(H,17,18,19). The van der Waals surface area contributed by atoms with Crippen molar-refractivity contribution in [1.82, 2.24) is 20.1 Å². The van der Waals surface area contributed by atoms with Crippen molar-refractivity contribution in [3.05, 3.63) is 6.33 Å². The highest BCUT2D eigenvalue weighted by molar-refractivity contribution is 5.79. The maximum atomic E-state index is 12.9. The molecule has 0 aromatic carbocycles. The number of hydrogen-bond acceptors (Lipinski definition) is 4. The van der Waals surface area contributed by atoms with Gasteiger partial charge in [-0.2, -0.15) is 10.1 Å². The first-order valence-electron chi connectivity index (χ1n) is 8.34. The van der Waals surface area contributed by atoms with E-state index in [2.05, 4.69) is 40.9 Å². The number of amides is 1. The van der Waals surface area contributed by atoms with Crippen LogP contribution in [0.4, 0.5) is 5.95 Å². The van der Waals surface area contributed by atoms with E-state index in [9.17, 15) is 4.79 Å². The highest BCUT2D eigenvalue weighted by Gasteiger charge is 2.37. The van der Waals surface area contributed by atoms with Crippen molar-refractivity contribution in [3.63, 3.8) is 0 Å². The first kappa shape index (κ1) is 15.3. The second-order valence-electron chi connectivity index (χ2n) is 7.73. The number of anilines is 1. The predicted octanol–water partition coefficient (Wildman–Crippen LogP) is 1.92. The van der Waals surface area contributed by atoms with E-state index in [-0.39, 0.29) is 5.92 Å². The Morgan fingerprint density at radius 3 is 2.59 bits per heavy atom. The zero-order valence-corrected chi connectivity index (χ0v) is 13.9. The lowest BCUT2D eigenvalue weighted by Crippen LogP contribution is -2.51. The summed E-state index contributed by atoms with van der Waals surface area (Å²) in [7, 11) is 0. The molecule has 1 amide bonds. The Morgan fingerprint density at radius 2 is 2.00 bits per heavy atom. The summed E-state index contributed by atoms with van der Waals surface area (Å²) in [5, 5.41) is 6.78. The summed E-state index contributed by atoms with van der Waals surface area (Å²) < 4.78 is 0. The highest BCUT2D eigenvalue weighted by Crippen LogP contribution is 2.42. The van der Waals surface area contributed by atoms with Gasteiger partial charge in [-0.15, -0.1) is 0 Å². The zero-order valence-electron chi connectivity index (χ0n) is 13.9. The number of aromatic nitrogens is 3. The van der Waals surface area contributed by atoms with Crippen LogP contribution < -0.4 is 4.90 Å². The van der Waals surface area contributed by atoms with Gasteiger partial charge in [0.15, 0.2) is 0 Å². The van der Waals surface area contributed by atoms with Gasteiger partial charge in [0.25, 0.3) is 0 Å². The predicted molar refractivity (Wildman–Crippen MR) is 85.5 cm³/mol. The molecule has 6 heteroatoms. The number of carbonyl (C=O) groups excluding carboxylic acids is 1. The lowest BCUT2D eigenvalue weighted by Gasteiger charge is -2.42. The zero-order chi connectivity index (χ0) is 15.7. The molecule has 2 aliphatic rings. The molecule has 2 fully saturated rings. The molecule has 1 saturated heterocycles. The third-order valence-electron chi connectivity index (χ3n) is 5.03. The average Bonchev–Trinajstić information content (AvgIpc) is 2.99. The van der Waals surface area contributed by atoms with Gasteiger partial charge in [-0.05, 0) is 30.6 Å². The van der Waals surface area contributed by atoms with Gasteiger partial charge in [-0.3, -0.25) is 4.79 Å². The van der Waals surface area contributed by atoms with Crippen molar-refractivity contribution in [3.8, 4) is 0 Å². The molecule has 0 spiro atoms. The molecule has 1 N–H and O–H groups in total. The maximum absolute atomic E-state index is 12.9. The fourth-order valence-electron chi connectivity index (χ4n) is 4.28. The number of rotatable bonds is 2. The Bertz CT molecular complexity index is 505. The van der Waals surface area contributed by atoms with Crippen LogP contribution in [0.15, 0.2) is 6.33 Å². The molecule has 2 unspecified atom stereocenters. The monoisotopic (exact) mass is 305 g/mol. The molecule has 2 atom stereocenters. The van der Waals surface area contributed by atoms with Crippen molar-refractivity contribution in [2.24, 2.45) is 17.3 Å². The molecule has 6 nitrogen and oxygen atoms in total. The second kappa shape index (κ2) is 5.89. The van der Waals surface area contributed by atoms with E-state index in [0.29, 0.717) is 17.2 Å². The Labute approximate surface area is 132 Å².